The number of carbonyl (C=O) groups is 2. The lowest BCUT2D eigenvalue weighted by atomic mass is 9.71. The normalized spacial score (nSPS) is 28.5. The average molecular weight is 491 g/mol. The predicted octanol–water partition coefficient (Wildman–Crippen LogP) is 0.438. The molecule has 4 aliphatic heterocycles. The molecule has 1 aromatic rings. The summed E-state index contributed by atoms with van der Waals surface area (Å²) in [5, 5.41) is 11.0. The molecule has 0 radical (unpaired) electrons. The second-order valence-electron chi connectivity index (χ2n) is 10.9. The minimum Gasteiger partial charge on any atom is -0.381 e. The quantitative estimate of drug-likeness (QED) is 0.549. The first-order valence-corrected chi connectivity index (χ1v) is 13.1. The Kier molecular flexibility index (Phi) is 6.65. The predicted molar refractivity (Wildman–Crippen MR) is 132 cm³/mol. The van der Waals surface area contributed by atoms with E-state index in [1.807, 2.05) is 16.7 Å². The summed E-state index contributed by atoms with van der Waals surface area (Å²) in [6.45, 7) is 10.0. The van der Waals surface area contributed by atoms with E-state index in [1.165, 1.54) is 0 Å². The summed E-state index contributed by atoms with van der Waals surface area (Å²) in [6, 6.07) is 0.198. The second-order valence-corrected chi connectivity index (χ2v) is 10.9. The van der Waals surface area contributed by atoms with Crippen molar-refractivity contribution in [3.63, 3.8) is 0 Å². The van der Waals surface area contributed by atoms with E-state index >= 15 is 0 Å². The maximum atomic E-state index is 14.3. The zero-order valence-corrected chi connectivity index (χ0v) is 20.9. The Bertz CT molecular complexity index is 952. The van der Waals surface area contributed by atoms with Crippen molar-refractivity contribution in [1.82, 2.24) is 30.2 Å². The van der Waals surface area contributed by atoms with Gasteiger partial charge in [0, 0.05) is 44.6 Å². The number of nitrogens with one attached hydrogen (secondary N) is 2. The standard InChI is InChI=1S/C24H39FN8O2/c1-3-8-31-12-17(25)13-33-23(31)20(21(26)29-33)22(35)28-18-11-27-7-4-19(18)30-9-5-24(6-10-30)14-32(15-24)16(2)34/h17-19,27H,3-15H2,1-2H3,(H2,26,29)(H,28,35). The lowest BCUT2D eigenvalue weighted by Crippen LogP contribution is -2.65. The number of anilines is 2. The topological polar surface area (TPSA) is 112 Å². The zero-order chi connectivity index (χ0) is 24.7. The van der Waals surface area contributed by atoms with E-state index in [2.05, 4.69) is 20.6 Å². The number of nitrogen functional groups attached to an aromatic ring is 1. The van der Waals surface area contributed by atoms with Crippen molar-refractivity contribution in [2.75, 3.05) is 63.0 Å². The van der Waals surface area contributed by atoms with Crippen molar-refractivity contribution in [3.05, 3.63) is 5.56 Å². The molecule has 1 spiro atoms. The van der Waals surface area contributed by atoms with Crippen LogP contribution in [0, 0.1) is 5.41 Å². The number of fused-ring (bicyclic) bond motifs is 1. The smallest absolute Gasteiger partial charge is 0.259 e. The Labute approximate surface area is 206 Å². The first-order valence-electron chi connectivity index (χ1n) is 13.1. The minimum absolute atomic E-state index is 0.0486. The van der Waals surface area contributed by atoms with Gasteiger partial charge in [-0.15, -0.1) is 0 Å². The number of amides is 2. The van der Waals surface area contributed by atoms with E-state index < -0.39 is 6.17 Å². The van der Waals surface area contributed by atoms with Gasteiger partial charge in [0.2, 0.25) is 5.91 Å². The first kappa shape index (κ1) is 24.3. The van der Waals surface area contributed by atoms with Gasteiger partial charge in [0.05, 0.1) is 19.1 Å². The number of halogens is 1. The molecule has 0 aromatic carbocycles. The van der Waals surface area contributed by atoms with Crippen molar-refractivity contribution >= 4 is 23.5 Å². The highest BCUT2D eigenvalue weighted by Gasteiger charge is 2.47. The number of piperidine rings is 2. The van der Waals surface area contributed by atoms with E-state index in [0.717, 1.165) is 58.4 Å². The molecule has 0 bridgehead atoms. The van der Waals surface area contributed by atoms with Gasteiger partial charge in [0.15, 0.2) is 5.82 Å². The van der Waals surface area contributed by atoms with Crippen LogP contribution < -0.4 is 21.3 Å². The molecule has 11 heteroatoms. The fourth-order valence-corrected chi connectivity index (χ4v) is 6.48. The summed E-state index contributed by atoms with van der Waals surface area (Å²) >= 11 is 0. The molecule has 3 atom stereocenters. The highest BCUT2D eigenvalue weighted by molar-refractivity contribution is 6.03. The molecule has 5 rings (SSSR count). The van der Waals surface area contributed by atoms with E-state index in [-0.39, 0.29) is 48.2 Å². The van der Waals surface area contributed by atoms with Crippen LogP contribution in [0.3, 0.4) is 0 Å². The van der Waals surface area contributed by atoms with Gasteiger partial charge in [-0.05, 0) is 45.3 Å². The van der Waals surface area contributed by atoms with Gasteiger partial charge >= 0.3 is 0 Å². The van der Waals surface area contributed by atoms with Gasteiger partial charge < -0.3 is 26.2 Å². The maximum Gasteiger partial charge on any atom is 0.259 e. The number of nitrogens with two attached hydrogens (primary N) is 1. The molecule has 10 nitrogen and oxygen atoms in total. The SMILES string of the molecule is CCCN1CC(F)Cn2nc(N)c(C(=O)NC3CNCCC3N3CCC4(CC3)CN(C(C)=O)C4)c21. The maximum absolute atomic E-state index is 14.3. The average Bonchev–Trinajstić information content (AvgIpc) is 3.13. The van der Waals surface area contributed by atoms with Crippen molar-refractivity contribution in [2.24, 2.45) is 5.41 Å². The highest BCUT2D eigenvalue weighted by atomic mass is 19.1. The molecule has 35 heavy (non-hydrogen) atoms. The van der Waals surface area contributed by atoms with Crippen LogP contribution in [0.25, 0.3) is 0 Å². The van der Waals surface area contributed by atoms with Gasteiger partial charge in [0.1, 0.15) is 17.6 Å². The Hall–Kier alpha value is -2.40. The Balaban J connectivity index is 1.27. The van der Waals surface area contributed by atoms with Crippen LogP contribution in [0.2, 0.25) is 0 Å². The molecule has 3 saturated heterocycles. The number of alkyl halides is 1. The largest absolute Gasteiger partial charge is 0.381 e. The molecule has 4 N–H and O–H groups in total. The summed E-state index contributed by atoms with van der Waals surface area (Å²) in [4.78, 5) is 31.5. The Morgan fingerprint density at radius 1 is 1.26 bits per heavy atom. The summed E-state index contributed by atoms with van der Waals surface area (Å²) in [5.41, 5.74) is 6.84. The molecule has 194 valence electrons. The molecular weight excluding hydrogens is 451 g/mol. The minimum atomic E-state index is -1.03. The van der Waals surface area contributed by atoms with Gasteiger partial charge in [-0.25, -0.2) is 9.07 Å². The van der Waals surface area contributed by atoms with Crippen molar-refractivity contribution in [1.29, 1.82) is 0 Å². The fraction of sp³-hybridized carbons (Fsp3) is 0.792. The van der Waals surface area contributed by atoms with Crippen molar-refractivity contribution in [2.45, 2.75) is 64.3 Å². The van der Waals surface area contributed by atoms with Crippen LogP contribution in [0.1, 0.15) is 49.9 Å². The molecule has 0 saturated carbocycles. The molecule has 3 fully saturated rings. The summed E-state index contributed by atoms with van der Waals surface area (Å²) in [5.74, 6) is 0.731. The fourth-order valence-electron chi connectivity index (χ4n) is 6.48. The summed E-state index contributed by atoms with van der Waals surface area (Å²) < 4.78 is 15.8. The molecule has 3 unspecified atom stereocenters. The van der Waals surface area contributed by atoms with Crippen LogP contribution in [0.4, 0.5) is 16.0 Å². The zero-order valence-electron chi connectivity index (χ0n) is 20.9. The Morgan fingerprint density at radius 3 is 2.69 bits per heavy atom. The molecule has 5 heterocycles. The molecule has 1 aromatic heterocycles. The van der Waals surface area contributed by atoms with E-state index in [4.69, 9.17) is 5.73 Å². The van der Waals surface area contributed by atoms with Crippen molar-refractivity contribution < 1.29 is 14.0 Å². The molecular formula is C24H39FN8O2. The lowest BCUT2D eigenvalue weighted by molar-refractivity contribution is -0.145. The Morgan fingerprint density at radius 2 is 2.00 bits per heavy atom. The number of nitrogens with zero attached hydrogens (tertiary/aromatic N) is 5. The lowest BCUT2D eigenvalue weighted by Gasteiger charge is -2.55. The van der Waals surface area contributed by atoms with Gasteiger partial charge in [-0.1, -0.05) is 6.92 Å². The number of rotatable bonds is 5. The summed E-state index contributed by atoms with van der Waals surface area (Å²) in [7, 11) is 0. The van der Waals surface area contributed by atoms with E-state index in [0.29, 0.717) is 24.5 Å². The van der Waals surface area contributed by atoms with E-state index in [1.54, 1.807) is 11.6 Å². The monoisotopic (exact) mass is 490 g/mol. The van der Waals surface area contributed by atoms with Gasteiger partial charge in [-0.2, -0.15) is 5.10 Å². The number of likely N-dealkylation sites (tertiary alicyclic amines) is 2. The third-order valence-corrected chi connectivity index (χ3v) is 8.35. The number of carbonyl (C=O) groups excluding carboxylic acids is 2. The number of hydrogen-bond acceptors (Lipinski definition) is 7. The van der Waals surface area contributed by atoms with Crippen molar-refractivity contribution in [3.8, 4) is 0 Å². The van der Waals surface area contributed by atoms with Crippen LogP contribution in [0.15, 0.2) is 0 Å². The first-order chi connectivity index (χ1) is 16.8. The molecule has 0 aliphatic carbocycles. The van der Waals surface area contributed by atoms with Crippen LogP contribution in [0.5, 0.6) is 0 Å². The number of hydrogen-bond donors (Lipinski definition) is 3. The summed E-state index contributed by atoms with van der Waals surface area (Å²) in [6.07, 6.45) is 2.94. The van der Waals surface area contributed by atoms with Crippen LogP contribution in [-0.2, 0) is 11.3 Å². The van der Waals surface area contributed by atoms with Crippen LogP contribution in [-0.4, -0.2) is 102 Å². The van der Waals surface area contributed by atoms with E-state index in [9.17, 15) is 14.0 Å². The van der Waals surface area contributed by atoms with Crippen LogP contribution >= 0.6 is 0 Å². The number of aromatic nitrogens is 2. The van der Waals surface area contributed by atoms with Gasteiger partial charge in [0.25, 0.3) is 5.91 Å². The third-order valence-electron chi connectivity index (χ3n) is 8.35. The highest BCUT2D eigenvalue weighted by Crippen LogP contribution is 2.41. The van der Waals surface area contributed by atoms with Gasteiger partial charge in [-0.3, -0.25) is 14.5 Å². The molecule has 4 aliphatic rings. The second kappa shape index (κ2) is 9.57. The molecule has 2 amide bonds. The third kappa shape index (κ3) is 4.60.